The van der Waals surface area contributed by atoms with Crippen molar-refractivity contribution >= 4 is 40.3 Å². The maximum atomic E-state index is 13.5. The van der Waals surface area contributed by atoms with Crippen molar-refractivity contribution in [3.63, 3.8) is 0 Å². The number of aryl methyl sites for hydroxylation is 1. The van der Waals surface area contributed by atoms with E-state index in [0.29, 0.717) is 35.2 Å². The van der Waals surface area contributed by atoms with E-state index in [2.05, 4.69) is 34.3 Å². The minimum Gasteiger partial charge on any atom is -0.336 e. The van der Waals surface area contributed by atoms with Crippen LogP contribution in [0, 0.1) is 6.92 Å². The van der Waals surface area contributed by atoms with Gasteiger partial charge in [0.15, 0.2) is 0 Å². The fraction of sp³-hybridized carbons (Fsp3) is 0.520. The van der Waals surface area contributed by atoms with Crippen LogP contribution in [0.3, 0.4) is 0 Å². The Morgan fingerprint density at radius 2 is 2.03 bits per heavy atom. The Hall–Kier alpha value is -2.42. The second-order valence-electron chi connectivity index (χ2n) is 8.76. The summed E-state index contributed by atoms with van der Waals surface area (Å²) in [5.74, 6) is -0.176. The molecule has 3 heterocycles. The molecular weight excluding hydrogens is 434 g/mol. The number of carbonyl (C=O) groups excluding carboxylic acids is 2. The summed E-state index contributed by atoms with van der Waals surface area (Å²) >= 11 is 1.49. The molecule has 0 spiro atoms. The molecule has 2 aliphatic heterocycles. The predicted octanol–water partition coefficient (Wildman–Crippen LogP) is 4.67. The van der Waals surface area contributed by atoms with Gasteiger partial charge in [-0.25, -0.2) is 4.79 Å². The SMILES string of the molecule is CCN(CC)CC1CCCCN1CCNC(=O)N1c2ccccc2NC(=O)c2csc(C)c21. The number of nitrogens with zero attached hydrogens (tertiary/aromatic N) is 3. The van der Waals surface area contributed by atoms with Crippen LogP contribution in [-0.2, 0) is 0 Å². The van der Waals surface area contributed by atoms with E-state index >= 15 is 0 Å². The number of thiophene rings is 1. The number of benzene rings is 1. The van der Waals surface area contributed by atoms with Gasteiger partial charge in [-0.1, -0.05) is 32.4 Å². The molecule has 0 radical (unpaired) electrons. The van der Waals surface area contributed by atoms with Crippen LogP contribution < -0.4 is 15.5 Å². The fourth-order valence-corrected chi connectivity index (χ4v) is 5.74. The van der Waals surface area contributed by atoms with Gasteiger partial charge < -0.3 is 15.5 Å². The van der Waals surface area contributed by atoms with Crippen LogP contribution in [0.5, 0.6) is 0 Å². The van der Waals surface area contributed by atoms with Gasteiger partial charge in [-0.05, 0) is 51.5 Å². The standard InChI is InChI=1S/C25H35N5O2S/c1-4-28(5-2)16-19-10-8-9-14-29(19)15-13-26-25(32)30-22-12-7-6-11-21(22)27-24(31)20-17-33-18(3)23(20)30/h6-7,11-12,17,19H,4-5,8-10,13-16H2,1-3H3,(H,26,32)(H,27,31). The highest BCUT2D eigenvalue weighted by molar-refractivity contribution is 7.11. The number of piperidine rings is 1. The predicted molar refractivity (Wildman–Crippen MR) is 136 cm³/mol. The van der Waals surface area contributed by atoms with E-state index in [1.165, 1.54) is 30.6 Å². The summed E-state index contributed by atoms with van der Waals surface area (Å²) in [4.78, 5) is 33.9. The van der Waals surface area contributed by atoms with Crippen molar-refractivity contribution in [1.29, 1.82) is 0 Å². The Morgan fingerprint density at radius 3 is 2.82 bits per heavy atom. The minimum absolute atomic E-state index is 0.176. The van der Waals surface area contributed by atoms with Gasteiger partial charge in [0.05, 0.1) is 22.6 Å². The van der Waals surface area contributed by atoms with Crippen LogP contribution in [0.2, 0.25) is 0 Å². The van der Waals surface area contributed by atoms with Crippen LogP contribution in [0.4, 0.5) is 21.9 Å². The van der Waals surface area contributed by atoms with Crippen LogP contribution >= 0.6 is 11.3 Å². The molecular formula is C25H35N5O2S. The molecule has 33 heavy (non-hydrogen) atoms. The third kappa shape index (κ3) is 5.08. The highest BCUT2D eigenvalue weighted by atomic mass is 32.1. The average Bonchev–Trinajstić information content (AvgIpc) is 3.14. The molecule has 3 amide bonds. The second kappa shape index (κ2) is 10.7. The van der Waals surface area contributed by atoms with Gasteiger partial charge in [-0.3, -0.25) is 14.6 Å². The Labute approximate surface area is 200 Å². The molecule has 0 aliphatic carbocycles. The Balaban J connectivity index is 1.48. The first kappa shape index (κ1) is 23.7. The molecule has 2 N–H and O–H groups in total. The van der Waals surface area contributed by atoms with E-state index < -0.39 is 0 Å². The average molecular weight is 470 g/mol. The number of anilines is 3. The zero-order valence-corrected chi connectivity index (χ0v) is 20.7. The molecule has 2 aromatic rings. The van der Waals surface area contributed by atoms with Crippen LogP contribution in [-0.4, -0.2) is 67.0 Å². The van der Waals surface area contributed by atoms with Gasteiger partial charge in [0.25, 0.3) is 5.91 Å². The number of likely N-dealkylation sites (tertiary alicyclic amines) is 1. The van der Waals surface area contributed by atoms with Crippen molar-refractivity contribution in [3.8, 4) is 0 Å². The molecule has 178 valence electrons. The summed E-state index contributed by atoms with van der Waals surface area (Å²) in [6, 6.07) is 7.83. The molecule has 1 saturated heterocycles. The lowest BCUT2D eigenvalue weighted by Gasteiger charge is -2.38. The monoisotopic (exact) mass is 469 g/mol. The van der Waals surface area contributed by atoms with Crippen molar-refractivity contribution in [1.82, 2.24) is 15.1 Å². The summed E-state index contributed by atoms with van der Waals surface area (Å²) in [6.45, 7) is 12.1. The lowest BCUT2D eigenvalue weighted by molar-refractivity contribution is 0.102. The van der Waals surface area contributed by atoms with E-state index in [1.54, 1.807) is 4.90 Å². The molecule has 1 aromatic heterocycles. The molecule has 1 fully saturated rings. The van der Waals surface area contributed by atoms with E-state index in [0.717, 1.165) is 37.6 Å². The van der Waals surface area contributed by atoms with Gasteiger partial charge in [0, 0.05) is 35.9 Å². The van der Waals surface area contributed by atoms with Gasteiger partial charge in [-0.2, -0.15) is 0 Å². The zero-order chi connectivity index (χ0) is 23.4. The minimum atomic E-state index is -0.195. The maximum absolute atomic E-state index is 13.5. The normalized spacial score (nSPS) is 18.5. The third-order valence-corrected chi connectivity index (χ3v) is 7.69. The number of rotatable bonds is 7. The van der Waals surface area contributed by atoms with Gasteiger partial charge in [0.2, 0.25) is 0 Å². The summed E-state index contributed by atoms with van der Waals surface area (Å²) in [6.07, 6.45) is 3.71. The second-order valence-corrected chi connectivity index (χ2v) is 9.85. The van der Waals surface area contributed by atoms with Crippen LogP contribution in [0.25, 0.3) is 0 Å². The highest BCUT2D eigenvalue weighted by Gasteiger charge is 2.32. The van der Waals surface area contributed by atoms with Gasteiger partial charge in [-0.15, -0.1) is 11.3 Å². The molecule has 1 atom stereocenters. The van der Waals surface area contributed by atoms with E-state index in [9.17, 15) is 9.59 Å². The lowest BCUT2D eigenvalue weighted by atomic mass is 10.0. The number of nitrogens with one attached hydrogen (secondary N) is 2. The number of hydrogen-bond acceptors (Lipinski definition) is 5. The molecule has 1 unspecified atom stereocenters. The Kier molecular flexibility index (Phi) is 7.67. The maximum Gasteiger partial charge on any atom is 0.326 e. The largest absolute Gasteiger partial charge is 0.336 e. The summed E-state index contributed by atoms with van der Waals surface area (Å²) < 4.78 is 0. The summed E-state index contributed by atoms with van der Waals surface area (Å²) in [5, 5.41) is 7.92. The number of urea groups is 1. The number of hydrogen-bond donors (Lipinski definition) is 2. The van der Waals surface area contributed by atoms with Gasteiger partial charge in [0.1, 0.15) is 0 Å². The molecule has 4 rings (SSSR count). The smallest absolute Gasteiger partial charge is 0.326 e. The van der Waals surface area contributed by atoms with E-state index in [1.807, 2.05) is 36.6 Å². The first-order chi connectivity index (χ1) is 16.0. The fourth-order valence-electron chi connectivity index (χ4n) is 4.91. The first-order valence-corrected chi connectivity index (χ1v) is 12.9. The third-order valence-electron chi connectivity index (χ3n) is 6.79. The highest BCUT2D eigenvalue weighted by Crippen LogP contribution is 2.42. The van der Waals surface area contributed by atoms with Crippen LogP contribution in [0.1, 0.15) is 48.3 Å². The summed E-state index contributed by atoms with van der Waals surface area (Å²) in [7, 11) is 0. The molecule has 2 aliphatic rings. The molecule has 0 bridgehead atoms. The van der Waals surface area contributed by atoms with Crippen molar-refractivity contribution < 1.29 is 9.59 Å². The molecule has 8 heteroatoms. The molecule has 0 saturated carbocycles. The number of fused-ring (bicyclic) bond motifs is 2. The van der Waals surface area contributed by atoms with E-state index in [4.69, 9.17) is 0 Å². The number of para-hydroxylation sites is 2. The van der Waals surface area contributed by atoms with Crippen molar-refractivity contribution in [2.24, 2.45) is 0 Å². The first-order valence-electron chi connectivity index (χ1n) is 12.1. The van der Waals surface area contributed by atoms with Crippen molar-refractivity contribution in [2.45, 2.75) is 46.1 Å². The summed E-state index contributed by atoms with van der Waals surface area (Å²) in [5.41, 5.74) is 2.56. The number of likely N-dealkylation sites (N-methyl/N-ethyl adjacent to an activating group) is 1. The molecule has 1 aromatic carbocycles. The van der Waals surface area contributed by atoms with Crippen LogP contribution in [0.15, 0.2) is 29.6 Å². The topological polar surface area (TPSA) is 67.9 Å². The number of amides is 3. The van der Waals surface area contributed by atoms with E-state index in [-0.39, 0.29) is 11.9 Å². The quantitative estimate of drug-likeness (QED) is 0.619. The Morgan fingerprint density at radius 1 is 1.24 bits per heavy atom. The van der Waals surface area contributed by atoms with Crippen molar-refractivity contribution in [3.05, 3.63) is 40.1 Å². The number of carbonyl (C=O) groups is 2. The van der Waals surface area contributed by atoms with Gasteiger partial charge >= 0.3 is 6.03 Å². The zero-order valence-electron chi connectivity index (χ0n) is 19.9. The molecule has 7 nitrogen and oxygen atoms in total. The Bertz CT molecular complexity index is 987. The lowest BCUT2D eigenvalue weighted by Crippen LogP contribution is -2.49. The van der Waals surface area contributed by atoms with Crippen molar-refractivity contribution in [2.75, 3.05) is 49.5 Å².